The molecule has 0 saturated carbocycles. The van der Waals surface area contributed by atoms with Crippen LogP contribution < -0.4 is 0 Å². The molecule has 0 radical (unpaired) electrons. The molecule has 0 unspecified atom stereocenters. The van der Waals surface area contributed by atoms with Gasteiger partial charge in [0.05, 0.1) is 19.3 Å². The molecular weight excluding hydrogens is 765 g/mol. The Balaban J connectivity index is 2.46. The second-order valence-corrected chi connectivity index (χ2v) is 17.6. The van der Waals surface area contributed by atoms with E-state index < -0.39 is 6.29 Å². The predicted molar refractivity (Wildman–Crippen MR) is 253 cm³/mol. The topological polar surface area (TPSA) is 105 Å². The molecule has 358 valence electrons. The first-order chi connectivity index (χ1) is 30.0. The summed E-state index contributed by atoms with van der Waals surface area (Å²) in [7, 11) is 0. The van der Waals surface area contributed by atoms with Crippen molar-refractivity contribution in [3.8, 4) is 0 Å². The van der Waals surface area contributed by atoms with Crippen LogP contribution in [0.3, 0.4) is 0 Å². The van der Waals surface area contributed by atoms with Crippen LogP contribution in [0, 0.1) is 0 Å². The quantitative estimate of drug-likeness (QED) is 0.0360. The van der Waals surface area contributed by atoms with Gasteiger partial charge >= 0.3 is 11.9 Å². The molecule has 0 aliphatic heterocycles. The van der Waals surface area contributed by atoms with E-state index in [0.29, 0.717) is 38.4 Å². The first-order valence-corrected chi connectivity index (χ1v) is 26.2. The van der Waals surface area contributed by atoms with Crippen LogP contribution in [0.25, 0.3) is 0 Å². The smallest absolute Gasteiger partial charge is 0.306 e. The van der Waals surface area contributed by atoms with E-state index in [0.717, 1.165) is 103 Å². The molecule has 1 rings (SSSR count). The molecule has 0 aromatic carbocycles. The van der Waals surface area contributed by atoms with E-state index in [1.807, 2.05) is 24.7 Å². The van der Waals surface area contributed by atoms with Gasteiger partial charge in [0.1, 0.15) is 11.8 Å². The highest BCUT2D eigenvalue weighted by Gasteiger charge is 2.17. The fourth-order valence-electron chi connectivity index (χ4n) is 8.03. The number of carbonyl (C=O) groups excluding carboxylic acids is 2. The van der Waals surface area contributed by atoms with Gasteiger partial charge in [-0.3, -0.25) is 14.3 Å². The number of carbonyl (C=O) groups is 2. The summed E-state index contributed by atoms with van der Waals surface area (Å²) in [5.41, 5.74) is 0.704. The molecule has 10 heteroatoms. The molecule has 0 amide bonds. The van der Waals surface area contributed by atoms with Crippen LogP contribution in [0.5, 0.6) is 0 Å². The van der Waals surface area contributed by atoms with Gasteiger partial charge in [-0.1, -0.05) is 167 Å². The van der Waals surface area contributed by atoms with Crippen LogP contribution in [0.1, 0.15) is 258 Å². The summed E-state index contributed by atoms with van der Waals surface area (Å²) >= 11 is 0. The van der Waals surface area contributed by atoms with Gasteiger partial charge in [0.25, 0.3) is 0 Å². The third-order valence-electron chi connectivity index (χ3n) is 11.9. The Bertz CT molecular complexity index is 1080. The molecule has 0 aliphatic rings. The van der Waals surface area contributed by atoms with Crippen molar-refractivity contribution in [1.82, 2.24) is 19.9 Å². The molecular formula is C51H98N4O6. The number of unbranched alkanes of at least 4 members (excludes halogenated alkanes) is 24. The van der Waals surface area contributed by atoms with E-state index in [4.69, 9.17) is 18.9 Å². The highest BCUT2D eigenvalue weighted by atomic mass is 16.7. The van der Waals surface area contributed by atoms with E-state index >= 15 is 0 Å². The lowest BCUT2D eigenvalue weighted by molar-refractivity contribution is -0.150. The lowest BCUT2D eigenvalue weighted by Crippen LogP contribution is -2.30. The van der Waals surface area contributed by atoms with Crippen LogP contribution >= 0.6 is 0 Å². The van der Waals surface area contributed by atoms with E-state index in [-0.39, 0.29) is 18.0 Å². The fourth-order valence-corrected chi connectivity index (χ4v) is 8.03. The normalized spacial score (nSPS) is 11.7. The number of esters is 2. The van der Waals surface area contributed by atoms with Crippen LogP contribution in [0.4, 0.5) is 0 Å². The molecule has 1 aromatic heterocycles. The lowest BCUT2D eigenvalue weighted by Gasteiger charge is -2.22. The standard InChI is InChI=1S/C51H98N4O6/c1-6-11-14-17-20-21-22-28-36-45-60-49(56)39-33-29-35-42-54(43-44-55-46-48(52-53-55)51(58-9-4)59-10-5)41-34-27-23-26-32-40-50(57)61-47(37-30-24-18-15-12-7-2)38-31-25-19-16-13-8-3/h46-47,51H,6-45H2,1-5H3. The Morgan fingerprint density at radius 2 is 0.984 bits per heavy atom. The summed E-state index contributed by atoms with van der Waals surface area (Å²) in [6.07, 6.45) is 39.6. The second kappa shape index (κ2) is 43.2. The SMILES string of the molecule is CCCCCCCCCCCOC(=O)CCCCCN(CCCCCCCC(=O)OC(CCCCCCCC)CCCCCCCC)CCn1cc(C(OCC)OCC)nn1. The minimum Gasteiger partial charge on any atom is -0.466 e. The van der Waals surface area contributed by atoms with Gasteiger partial charge < -0.3 is 23.8 Å². The predicted octanol–water partition coefficient (Wildman–Crippen LogP) is 14.0. The van der Waals surface area contributed by atoms with Crippen molar-refractivity contribution in [2.24, 2.45) is 0 Å². The fraction of sp³-hybridized carbons (Fsp3) is 0.922. The average molecular weight is 863 g/mol. The van der Waals surface area contributed by atoms with Crippen LogP contribution in [-0.4, -0.2) is 77.4 Å². The Morgan fingerprint density at radius 1 is 0.541 bits per heavy atom. The Labute approximate surface area is 376 Å². The molecule has 1 heterocycles. The van der Waals surface area contributed by atoms with Crippen molar-refractivity contribution in [2.75, 3.05) is 39.5 Å². The molecule has 0 aliphatic carbocycles. The van der Waals surface area contributed by atoms with Gasteiger partial charge in [0.2, 0.25) is 6.29 Å². The molecule has 0 fully saturated rings. The zero-order valence-electron chi connectivity index (χ0n) is 40.8. The summed E-state index contributed by atoms with van der Waals surface area (Å²) in [6, 6.07) is 0. The van der Waals surface area contributed by atoms with Gasteiger partial charge in [-0.05, 0) is 84.7 Å². The molecule has 0 saturated heterocycles. The number of hydrogen-bond donors (Lipinski definition) is 0. The number of hydrogen-bond acceptors (Lipinski definition) is 9. The number of ether oxygens (including phenoxy) is 4. The van der Waals surface area contributed by atoms with Gasteiger partial charge in [0, 0.05) is 32.6 Å². The summed E-state index contributed by atoms with van der Waals surface area (Å²) in [6.45, 7) is 16.0. The zero-order chi connectivity index (χ0) is 44.3. The molecule has 0 spiro atoms. The molecule has 10 nitrogen and oxygen atoms in total. The lowest BCUT2D eigenvalue weighted by atomic mass is 10.0. The number of nitrogens with zero attached hydrogens (tertiary/aromatic N) is 4. The Morgan fingerprint density at radius 3 is 1.51 bits per heavy atom. The minimum atomic E-state index is -0.491. The maximum absolute atomic E-state index is 12.9. The largest absolute Gasteiger partial charge is 0.466 e. The van der Waals surface area contributed by atoms with Gasteiger partial charge in [-0.25, -0.2) is 0 Å². The maximum atomic E-state index is 12.9. The van der Waals surface area contributed by atoms with Crippen molar-refractivity contribution in [3.63, 3.8) is 0 Å². The molecule has 0 N–H and O–H groups in total. The summed E-state index contributed by atoms with van der Waals surface area (Å²) in [4.78, 5) is 27.8. The second-order valence-electron chi connectivity index (χ2n) is 17.6. The van der Waals surface area contributed by atoms with Gasteiger partial charge in [-0.2, -0.15) is 0 Å². The van der Waals surface area contributed by atoms with Crippen LogP contribution in [-0.2, 0) is 35.1 Å². The summed E-state index contributed by atoms with van der Waals surface area (Å²) in [5, 5.41) is 8.71. The maximum Gasteiger partial charge on any atom is 0.306 e. The highest BCUT2D eigenvalue weighted by Crippen LogP contribution is 2.19. The van der Waals surface area contributed by atoms with E-state index in [2.05, 4.69) is 36.0 Å². The Kier molecular flexibility index (Phi) is 40.4. The molecule has 61 heavy (non-hydrogen) atoms. The summed E-state index contributed by atoms with van der Waals surface area (Å²) < 4.78 is 25.0. The third-order valence-corrected chi connectivity index (χ3v) is 11.9. The van der Waals surface area contributed by atoms with Crippen molar-refractivity contribution < 1.29 is 28.5 Å². The van der Waals surface area contributed by atoms with Crippen molar-refractivity contribution in [3.05, 3.63) is 11.9 Å². The number of aromatic nitrogens is 3. The van der Waals surface area contributed by atoms with Gasteiger partial charge in [0.15, 0.2) is 0 Å². The van der Waals surface area contributed by atoms with E-state index in [1.54, 1.807) is 0 Å². The third kappa shape index (κ3) is 35.1. The molecule has 0 atom stereocenters. The average Bonchev–Trinajstić information content (AvgIpc) is 3.74. The highest BCUT2D eigenvalue weighted by molar-refractivity contribution is 5.69. The van der Waals surface area contributed by atoms with Crippen molar-refractivity contribution in [1.29, 1.82) is 0 Å². The van der Waals surface area contributed by atoms with Crippen molar-refractivity contribution >= 4 is 11.9 Å². The molecule has 0 bridgehead atoms. The Hall–Kier alpha value is -2.04. The first-order valence-electron chi connectivity index (χ1n) is 26.2. The van der Waals surface area contributed by atoms with E-state index in [1.165, 1.54) is 122 Å². The number of rotatable bonds is 47. The van der Waals surface area contributed by atoms with Crippen molar-refractivity contribution in [2.45, 2.75) is 265 Å². The van der Waals surface area contributed by atoms with Gasteiger partial charge in [-0.15, -0.1) is 5.10 Å². The monoisotopic (exact) mass is 863 g/mol. The molecule has 1 aromatic rings. The van der Waals surface area contributed by atoms with E-state index in [9.17, 15) is 9.59 Å². The van der Waals surface area contributed by atoms with Crippen LogP contribution in [0.2, 0.25) is 0 Å². The first kappa shape index (κ1) is 57.0. The van der Waals surface area contributed by atoms with Crippen LogP contribution in [0.15, 0.2) is 6.20 Å². The summed E-state index contributed by atoms with van der Waals surface area (Å²) in [5.74, 6) is -0.0458. The minimum absolute atomic E-state index is 0.00492. The zero-order valence-corrected chi connectivity index (χ0v) is 40.8.